The fourth-order valence-electron chi connectivity index (χ4n) is 3.01. The molecular formula is C18H23NO3S2. The molecule has 1 amide bonds. The van der Waals surface area contributed by atoms with Crippen LogP contribution in [0.15, 0.2) is 24.3 Å². The third-order valence-corrected chi connectivity index (χ3v) is 7.32. The molecule has 1 aromatic rings. The lowest BCUT2D eigenvalue weighted by atomic mass is 10.1. The Kier molecular flexibility index (Phi) is 6.49. The molecule has 2 aliphatic rings. The van der Waals surface area contributed by atoms with E-state index < -0.39 is 5.97 Å². The van der Waals surface area contributed by atoms with Crippen LogP contribution in [0.4, 0.5) is 0 Å². The highest BCUT2D eigenvalue weighted by Gasteiger charge is 2.19. The van der Waals surface area contributed by atoms with Crippen LogP contribution in [0.1, 0.15) is 52.6 Å². The van der Waals surface area contributed by atoms with Gasteiger partial charge in [-0.1, -0.05) is 25.0 Å². The summed E-state index contributed by atoms with van der Waals surface area (Å²) in [5.74, 6) is 1.74. The summed E-state index contributed by atoms with van der Waals surface area (Å²) in [6.45, 7) is -0.203. The molecule has 1 saturated heterocycles. The zero-order chi connectivity index (χ0) is 16.8. The zero-order valence-corrected chi connectivity index (χ0v) is 15.3. The van der Waals surface area contributed by atoms with Crippen molar-refractivity contribution in [2.24, 2.45) is 0 Å². The lowest BCUT2D eigenvalue weighted by Crippen LogP contribution is -2.35. The fraction of sp³-hybridized carbons (Fsp3) is 0.556. The van der Waals surface area contributed by atoms with Crippen LogP contribution in [-0.4, -0.2) is 36.0 Å². The Labute approximate surface area is 151 Å². The second kappa shape index (κ2) is 8.81. The smallest absolute Gasteiger partial charge is 0.338 e. The quantitative estimate of drug-likeness (QED) is 0.805. The molecule has 0 aromatic heterocycles. The van der Waals surface area contributed by atoms with Gasteiger partial charge in [0, 0.05) is 6.04 Å². The van der Waals surface area contributed by atoms with E-state index in [0.717, 1.165) is 25.7 Å². The number of ether oxygens (including phenoxy) is 1. The molecule has 0 radical (unpaired) electrons. The number of hydrogen-bond acceptors (Lipinski definition) is 5. The van der Waals surface area contributed by atoms with Crippen LogP contribution in [0, 0.1) is 0 Å². The van der Waals surface area contributed by atoms with Gasteiger partial charge in [-0.15, -0.1) is 23.5 Å². The van der Waals surface area contributed by atoms with Gasteiger partial charge in [-0.3, -0.25) is 4.79 Å². The van der Waals surface area contributed by atoms with Crippen molar-refractivity contribution >= 4 is 35.4 Å². The predicted molar refractivity (Wildman–Crippen MR) is 99.4 cm³/mol. The second-order valence-electron chi connectivity index (χ2n) is 6.17. The molecule has 0 spiro atoms. The van der Waals surface area contributed by atoms with Gasteiger partial charge >= 0.3 is 5.97 Å². The molecule has 1 heterocycles. The average molecular weight is 366 g/mol. The maximum absolute atomic E-state index is 12.1. The van der Waals surface area contributed by atoms with E-state index >= 15 is 0 Å². The number of nitrogens with one attached hydrogen (secondary N) is 1. The molecule has 2 fully saturated rings. The highest BCUT2D eigenvalue weighted by Crippen LogP contribution is 2.43. The molecule has 0 atom stereocenters. The Balaban J connectivity index is 1.46. The first-order chi connectivity index (χ1) is 11.7. The number of esters is 1. The minimum absolute atomic E-state index is 0.203. The molecule has 1 aliphatic carbocycles. The van der Waals surface area contributed by atoms with Crippen molar-refractivity contribution in [3.8, 4) is 0 Å². The van der Waals surface area contributed by atoms with E-state index in [2.05, 4.69) is 5.32 Å². The monoisotopic (exact) mass is 365 g/mol. The molecular weight excluding hydrogens is 342 g/mol. The van der Waals surface area contributed by atoms with Gasteiger partial charge in [0.1, 0.15) is 0 Å². The highest BCUT2D eigenvalue weighted by molar-refractivity contribution is 8.16. The van der Waals surface area contributed by atoms with Gasteiger partial charge in [-0.2, -0.15) is 0 Å². The van der Waals surface area contributed by atoms with Crippen molar-refractivity contribution in [3.05, 3.63) is 35.4 Å². The lowest BCUT2D eigenvalue weighted by molar-refractivity contribution is -0.124. The van der Waals surface area contributed by atoms with Gasteiger partial charge in [0.15, 0.2) is 6.61 Å². The third-order valence-electron chi connectivity index (χ3n) is 4.30. The van der Waals surface area contributed by atoms with Gasteiger partial charge < -0.3 is 10.1 Å². The van der Waals surface area contributed by atoms with Crippen LogP contribution in [-0.2, 0) is 9.53 Å². The highest BCUT2D eigenvalue weighted by atomic mass is 32.2. The lowest BCUT2D eigenvalue weighted by Gasteiger charge is -2.21. The Morgan fingerprint density at radius 1 is 1.04 bits per heavy atom. The van der Waals surface area contributed by atoms with Gasteiger partial charge in [-0.25, -0.2) is 4.79 Å². The number of benzene rings is 1. The summed E-state index contributed by atoms with van der Waals surface area (Å²) in [6, 6.07) is 7.82. The van der Waals surface area contributed by atoms with E-state index in [1.165, 1.54) is 23.5 Å². The SMILES string of the molecule is O=C(COC(=O)c1ccc(C2SCCCS2)cc1)NC1CCCC1. The Hall–Kier alpha value is -1.14. The first kappa shape index (κ1) is 17.7. The summed E-state index contributed by atoms with van der Waals surface area (Å²) >= 11 is 3.91. The number of hydrogen-bond donors (Lipinski definition) is 1. The number of thioether (sulfide) groups is 2. The number of amides is 1. The summed E-state index contributed by atoms with van der Waals surface area (Å²) in [5, 5.41) is 2.92. The van der Waals surface area contributed by atoms with Crippen LogP contribution >= 0.6 is 23.5 Å². The van der Waals surface area contributed by atoms with E-state index in [-0.39, 0.29) is 18.6 Å². The van der Waals surface area contributed by atoms with E-state index in [4.69, 9.17) is 4.74 Å². The van der Waals surface area contributed by atoms with Crippen molar-refractivity contribution in [2.75, 3.05) is 18.1 Å². The van der Waals surface area contributed by atoms with Crippen LogP contribution in [0.3, 0.4) is 0 Å². The molecule has 0 unspecified atom stereocenters. The third kappa shape index (κ3) is 4.93. The topological polar surface area (TPSA) is 55.4 Å². The summed E-state index contributed by atoms with van der Waals surface area (Å²) in [6.07, 6.45) is 5.64. The summed E-state index contributed by atoms with van der Waals surface area (Å²) in [5.41, 5.74) is 1.73. The van der Waals surface area contributed by atoms with E-state index in [9.17, 15) is 9.59 Å². The molecule has 1 saturated carbocycles. The van der Waals surface area contributed by atoms with Crippen LogP contribution in [0.5, 0.6) is 0 Å². The van der Waals surface area contributed by atoms with Gasteiger partial charge in [0.05, 0.1) is 10.1 Å². The Morgan fingerprint density at radius 2 is 1.71 bits per heavy atom. The van der Waals surface area contributed by atoms with Crippen molar-refractivity contribution in [1.82, 2.24) is 5.32 Å². The van der Waals surface area contributed by atoms with Crippen LogP contribution in [0.25, 0.3) is 0 Å². The maximum atomic E-state index is 12.1. The minimum atomic E-state index is -0.438. The minimum Gasteiger partial charge on any atom is -0.452 e. The Bertz CT molecular complexity index is 564. The van der Waals surface area contributed by atoms with Crippen molar-refractivity contribution in [2.45, 2.75) is 42.7 Å². The van der Waals surface area contributed by atoms with E-state index in [1.807, 2.05) is 35.7 Å². The second-order valence-corrected chi connectivity index (χ2v) is 8.90. The van der Waals surface area contributed by atoms with E-state index in [1.54, 1.807) is 12.1 Å². The van der Waals surface area contributed by atoms with Crippen molar-refractivity contribution < 1.29 is 14.3 Å². The van der Waals surface area contributed by atoms with Crippen molar-refractivity contribution in [1.29, 1.82) is 0 Å². The van der Waals surface area contributed by atoms with E-state index in [0.29, 0.717) is 10.1 Å². The summed E-state index contributed by atoms with van der Waals surface area (Å²) < 4.78 is 5.58. The van der Waals surface area contributed by atoms with Crippen molar-refractivity contribution in [3.63, 3.8) is 0 Å². The molecule has 0 bridgehead atoms. The average Bonchev–Trinajstić information content (AvgIpc) is 3.13. The van der Waals surface area contributed by atoms with Gasteiger partial charge in [-0.05, 0) is 48.5 Å². The van der Waals surface area contributed by atoms with Crippen LogP contribution < -0.4 is 5.32 Å². The largest absolute Gasteiger partial charge is 0.452 e. The first-order valence-corrected chi connectivity index (χ1v) is 10.6. The number of carbonyl (C=O) groups excluding carboxylic acids is 2. The summed E-state index contributed by atoms with van der Waals surface area (Å²) in [4.78, 5) is 23.9. The molecule has 1 N–H and O–H groups in total. The predicted octanol–water partition coefficient (Wildman–Crippen LogP) is 3.77. The van der Waals surface area contributed by atoms with Gasteiger partial charge in [0.2, 0.25) is 0 Å². The van der Waals surface area contributed by atoms with Gasteiger partial charge in [0.25, 0.3) is 5.91 Å². The number of carbonyl (C=O) groups is 2. The maximum Gasteiger partial charge on any atom is 0.338 e. The Morgan fingerprint density at radius 3 is 2.38 bits per heavy atom. The standard InChI is InChI=1S/C18H23NO3S2/c20-16(19-15-4-1-2-5-15)12-22-17(21)13-6-8-14(9-7-13)18-23-10-3-11-24-18/h6-9,15,18H,1-5,10-12H2,(H,19,20). The molecule has 3 rings (SSSR count). The fourth-order valence-corrected chi connectivity index (χ4v) is 5.90. The van der Waals surface area contributed by atoms with Crippen LogP contribution in [0.2, 0.25) is 0 Å². The number of rotatable bonds is 5. The molecule has 1 aliphatic heterocycles. The zero-order valence-electron chi connectivity index (χ0n) is 13.7. The molecule has 4 nitrogen and oxygen atoms in total. The molecule has 1 aromatic carbocycles. The molecule has 6 heteroatoms. The molecule has 24 heavy (non-hydrogen) atoms. The normalized spacial score (nSPS) is 19.2. The first-order valence-electron chi connectivity index (χ1n) is 8.52. The summed E-state index contributed by atoms with van der Waals surface area (Å²) in [7, 11) is 0. The molecule has 130 valence electrons.